The summed E-state index contributed by atoms with van der Waals surface area (Å²) in [6, 6.07) is 3.86. The van der Waals surface area contributed by atoms with Crippen LogP contribution < -0.4 is 5.32 Å². The van der Waals surface area contributed by atoms with E-state index in [9.17, 15) is 8.42 Å². The fourth-order valence-electron chi connectivity index (χ4n) is 1.29. The summed E-state index contributed by atoms with van der Waals surface area (Å²) < 4.78 is 26.9. The molecule has 1 N–H and O–H groups in total. The lowest BCUT2D eigenvalue weighted by molar-refractivity contribution is 0.431. The van der Waals surface area contributed by atoms with Crippen molar-refractivity contribution in [3.05, 3.63) is 24.2 Å². The first-order valence-corrected chi connectivity index (χ1v) is 6.99. The van der Waals surface area contributed by atoms with Crippen LogP contribution in [0.4, 0.5) is 0 Å². The predicted octanol–water partition coefficient (Wildman–Crippen LogP) is 1.36. The number of furan rings is 1. The van der Waals surface area contributed by atoms with E-state index in [1.165, 1.54) is 6.26 Å². The van der Waals surface area contributed by atoms with Crippen molar-refractivity contribution in [1.82, 2.24) is 5.32 Å². The summed E-state index contributed by atoms with van der Waals surface area (Å²) in [6.07, 6.45) is 3.51. The molecule has 0 saturated heterocycles. The van der Waals surface area contributed by atoms with Crippen LogP contribution in [0.1, 0.15) is 25.1 Å². The summed E-state index contributed by atoms with van der Waals surface area (Å²) in [5.41, 5.74) is 0. The molecule has 0 aliphatic rings. The number of nitrogens with one attached hydrogen (secondary N) is 1. The Morgan fingerprint density at radius 3 is 2.80 bits per heavy atom. The van der Waals surface area contributed by atoms with Crippen molar-refractivity contribution in [2.75, 3.05) is 18.6 Å². The summed E-state index contributed by atoms with van der Waals surface area (Å²) in [7, 11) is -2.84. The molecule has 0 aromatic carbocycles. The third-order valence-corrected chi connectivity index (χ3v) is 3.14. The summed E-state index contributed by atoms with van der Waals surface area (Å²) in [5.74, 6) is 1.10. The van der Waals surface area contributed by atoms with Gasteiger partial charge >= 0.3 is 0 Å². The van der Waals surface area contributed by atoms with E-state index in [-0.39, 0.29) is 11.8 Å². The summed E-state index contributed by atoms with van der Waals surface area (Å²) in [5, 5.41) is 3.20. The van der Waals surface area contributed by atoms with Gasteiger partial charge in [-0.15, -0.1) is 0 Å². The molecule has 0 saturated carbocycles. The maximum atomic E-state index is 10.9. The average Bonchev–Trinajstić information content (AvgIpc) is 2.63. The highest BCUT2D eigenvalue weighted by Gasteiger charge is 2.07. The Labute approximate surface area is 90.6 Å². The fourth-order valence-corrected chi connectivity index (χ4v) is 1.96. The quantitative estimate of drug-likeness (QED) is 0.751. The molecule has 0 aliphatic carbocycles. The number of hydrogen-bond donors (Lipinski definition) is 1. The van der Waals surface area contributed by atoms with Gasteiger partial charge in [0.15, 0.2) is 0 Å². The van der Waals surface area contributed by atoms with E-state index in [1.54, 1.807) is 6.26 Å². The second-order valence-electron chi connectivity index (χ2n) is 3.67. The fraction of sp³-hybridized carbons (Fsp3) is 0.600. The van der Waals surface area contributed by atoms with E-state index in [0.29, 0.717) is 13.0 Å². The van der Waals surface area contributed by atoms with Crippen molar-refractivity contribution in [2.45, 2.75) is 19.4 Å². The molecule has 1 aromatic heterocycles. The van der Waals surface area contributed by atoms with E-state index < -0.39 is 9.84 Å². The monoisotopic (exact) mass is 231 g/mol. The van der Waals surface area contributed by atoms with Crippen LogP contribution in [0.25, 0.3) is 0 Å². The van der Waals surface area contributed by atoms with Crippen LogP contribution >= 0.6 is 0 Å². The number of hydrogen-bond acceptors (Lipinski definition) is 4. The SMILES string of the molecule is CC(NCCCS(C)(=O)=O)c1ccco1. The molecule has 1 unspecified atom stereocenters. The minimum Gasteiger partial charge on any atom is -0.468 e. The minimum absolute atomic E-state index is 0.125. The predicted molar refractivity (Wildman–Crippen MR) is 59.5 cm³/mol. The summed E-state index contributed by atoms with van der Waals surface area (Å²) in [4.78, 5) is 0. The van der Waals surface area contributed by atoms with Gasteiger partial charge in [-0.25, -0.2) is 8.42 Å². The molecule has 15 heavy (non-hydrogen) atoms. The second kappa shape index (κ2) is 5.32. The molecular formula is C10H17NO3S. The van der Waals surface area contributed by atoms with Crippen LogP contribution in [0.2, 0.25) is 0 Å². The standard InChI is InChI=1S/C10H17NO3S/c1-9(10-5-3-7-14-10)11-6-4-8-15(2,12)13/h3,5,7,9,11H,4,6,8H2,1-2H3. The lowest BCUT2D eigenvalue weighted by atomic mass is 10.2. The Kier molecular flexibility index (Phi) is 4.35. The van der Waals surface area contributed by atoms with Gasteiger partial charge in [-0.05, 0) is 32.0 Å². The van der Waals surface area contributed by atoms with Crippen LogP contribution in [-0.2, 0) is 9.84 Å². The van der Waals surface area contributed by atoms with E-state index in [4.69, 9.17) is 4.42 Å². The maximum Gasteiger partial charge on any atom is 0.147 e. The third kappa shape index (κ3) is 4.99. The average molecular weight is 231 g/mol. The Bertz CT molecular complexity index is 369. The zero-order valence-electron chi connectivity index (χ0n) is 9.06. The van der Waals surface area contributed by atoms with E-state index >= 15 is 0 Å². The van der Waals surface area contributed by atoms with E-state index in [0.717, 1.165) is 5.76 Å². The van der Waals surface area contributed by atoms with Crippen LogP contribution in [0.3, 0.4) is 0 Å². The van der Waals surface area contributed by atoms with Crippen molar-refractivity contribution >= 4 is 9.84 Å². The topological polar surface area (TPSA) is 59.3 Å². The van der Waals surface area contributed by atoms with Gasteiger partial charge in [-0.1, -0.05) is 0 Å². The van der Waals surface area contributed by atoms with Gasteiger partial charge < -0.3 is 9.73 Å². The first kappa shape index (κ1) is 12.3. The summed E-state index contributed by atoms with van der Waals surface area (Å²) in [6.45, 7) is 2.66. The molecule has 0 fully saturated rings. The molecule has 5 heteroatoms. The Balaban J connectivity index is 2.21. The zero-order valence-corrected chi connectivity index (χ0v) is 9.88. The first-order valence-electron chi connectivity index (χ1n) is 4.93. The molecular weight excluding hydrogens is 214 g/mol. The molecule has 0 spiro atoms. The van der Waals surface area contributed by atoms with Crippen molar-refractivity contribution in [3.63, 3.8) is 0 Å². The smallest absolute Gasteiger partial charge is 0.147 e. The number of sulfone groups is 1. The van der Waals surface area contributed by atoms with Gasteiger partial charge in [0.05, 0.1) is 18.1 Å². The molecule has 86 valence electrons. The van der Waals surface area contributed by atoms with E-state index in [2.05, 4.69) is 5.32 Å². The third-order valence-electron chi connectivity index (χ3n) is 2.11. The highest BCUT2D eigenvalue weighted by Crippen LogP contribution is 2.11. The molecule has 0 radical (unpaired) electrons. The van der Waals surface area contributed by atoms with Crippen LogP contribution in [-0.4, -0.2) is 27.0 Å². The Morgan fingerprint density at radius 1 is 1.53 bits per heavy atom. The van der Waals surface area contributed by atoms with Crippen molar-refractivity contribution in [1.29, 1.82) is 0 Å². The minimum atomic E-state index is -2.84. The largest absolute Gasteiger partial charge is 0.468 e. The van der Waals surface area contributed by atoms with Crippen molar-refractivity contribution < 1.29 is 12.8 Å². The number of rotatable bonds is 6. The van der Waals surface area contributed by atoms with Crippen LogP contribution in [0, 0.1) is 0 Å². The highest BCUT2D eigenvalue weighted by atomic mass is 32.2. The molecule has 0 bridgehead atoms. The maximum absolute atomic E-state index is 10.9. The van der Waals surface area contributed by atoms with Gasteiger partial charge in [0.2, 0.25) is 0 Å². The molecule has 1 rings (SSSR count). The van der Waals surface area contributed by atoms with Gasteiger partial charge in [0.1, 0.15) is 15.6 Å². The van der Waals surface area contributed by atoms with Crippen LogP contribution in [0.15, 0.2) is 22.8 Å². The summed E-state index contributed by atoms with van der Waals surface area (Å²) >= 11 is 0. The lowest BCUT2D eigenvalue weighted by Crippen LogP contribution is -2.21. The second-order valence-corrected chi connectivity index (χ2v) is 5.93. The van der Waals surface area contributed by atoms with Gasteiger partial charge in [-0.3, -0.25) is 0 Å². The normalized spacial score (nSPS) is 14.0. The van der Waals surface area contributed by atoms with Gasteiger partial charge in [0.25, 0.3) is 0 Å². The lowest BCUT2D eigenvalue weighted by Gasteiger charge is -2.10. The molecule has 0 aliphatic heterocycles. The molecule has 1 heterocycles. The van der Waals surface area contributed by atoms with Crippen LogP contribution in [0.5, 0.6) is 0 Å². The van der Waals surface area contributed by atoms with Crippen molar-refractivity contribution in [2.24, 2.45) is 0 Å². The molecule has 1 atom stereocenters. The van der Waals surface area contributed by atoms with Gasteiger partial charge in [-0.2, -0.15) is 0 Å². The molecule has 1 aromatic rings. The molecule has 4 nitrogen and oxygen atoms in total. The highest BCUT2D eigenvalue weighted by molar-refractivity contribution is 7.90. The van der Waals surface area contributed by atoms with Crippen molar-refractivity contribution in [3.8, 4) is 0 Å². The Hall–Kier alpha value is -0.810. The van der Waals surface area contributed by atoms with Gasteiger partial charge in [0, 0.05) is 6.26 Å². The van der Waals surface area contributed by atoms with E-state index in [1.807, 2.05) is 19.1 Å². The Morgan fingerprint density at radius 2 is 2.27 bits per heavy atom. The molecule has 0 amide bonds. The first-order chi connectivity index (χ1) is 6.99. The zero-order chi connectivity index (χ0) is 11.3.